The van der Waals surface area contributed by atoms with Gasteiger partial charge in [-0.3, -0.25) is 0 Å². The SMILES string of the molecule is C#CCN(CC)c1ccc(C#N)c2ccccc12. The standard InChI is InChI=1S/C16H14N2/c1-3-11-18(4-2)16-10-9-13(12-17)14-7-5-6-8-15(14)16/h1,5-10H,4,11H2,2H3. The third-order valence-electron chi connectivity index (χ3n) is 3.03. The van der Waals surface area contributed by atoms with E-state index < -0.39 is 0 Å². The van der Waals surface area contributed by atoms with Gasteiger partial charge in [-0.15, -0.1) is 6.42 Å². The molecule has 0 aliphatic carbocycles. The molecular formula is C16H14N2. The molecule has 2 aromatic carbocycles. The molecule has 2 nitrogen and oxygen atoms in total. The van der Waals surface area contributed by atoms with E-state index in [0.29, 0.717) is 12.1 Å². The van der Waals surface area contributed by atoms with Gasteiger partial charge in [0.15, 0.2) is 0 Å². The van der Waals surface area contributed by atoms with Crippen LogP contribution >= 0.6 is 0 Å². The first-order valence-corrected chi connectivity index (χ1v) is 5.92. The molecule has 2 aromatic rings. The Kier molecular flexibility index (Phi) is 3.51. The van der Waals surface area contributed by atoms with E-state index in [4.69, 9.17) is 11.7 Å². The average molecular weight is 234 g/mol. The summed E-state index contributed by atoms with van der Waals surface area (Å²) >= 11 is 0. The largest absolute Gasteiger partial charge is 0.360 e. The minimum absolute atomic E-state index is 0.576. The Morgan fingerprint density at radius 1 is 1.17 bits per heavy atom. The molecule has 0 saturated carbocycles. The van der Waals surface area contributed by atoms with Crippen molar-refractivity contribution in [1.82, 2.24) is 0 Å². The normalized spacial score (nSPS) is 9.72. The topological polar surface area (TPSA) is 27.0 Å². The van der Waals surface area contributed by atoms with Crippen LogP contribution in [0.25, 0.3) is 10.8 Å². The number of rotatable bonds is 3. The molecule has 0 radical (unpaired) electrons. The molecule has 0 atom stereocenters. The summed E-state index contributed by atoms with van der Waals surface area (Å²) in [5.41, 5.74) is 1.79. The quantitative estimate of drug-likeness (QED) is 0.763. The number of anilines is 1. The molecule has 2 heteroatoms. The summed E-state index contributed by atoms with van der Waals surface area (Å²) < 4.78 is 0. The first-order valence-electron chi connectivity index (χ1n) is 5.92. The first-order chi connectivity index (χ1) is 8.81. The van der Waals surface area contributed by atoms with Crippen LogP contribution in [0.1, 0.15) is 12.5 Å². The second-order valence-corrected chi connectivity index (χ2v) is 4.01. The fraction of sp³-hybridized carbons (Fsp3) is 0.188. The van der Waals surface area contributed by atoms with Crippen molar-refractivity contribution in [1.29, 1.82) is 5.26 Å². The highest BCUT2D eigenvalue weighted by Crippen LogP contribution is 2.29. The monoisotopic (exact) mass is 234 g/mol. The molecule has 2 rings (SSSR count). The molecule has 0 unspecified atom stereocenters. The van der Waals surface area contributed by atoms with E-state index in [0.717, 1.165) is 23.0 Å². The van der Waals surface area contributed by atoms with Crippen molar-refractivity contribution in [3.8, 4) is 18.4 Å². The van der Waals surface area contributed by atoms with E-state index in [1.165, 1.54) is 0 Å². The summed E-state index contributed by atoms with van der Waals surface area (Å²) in [6.45, 7) is 3.50. The van der Waals surface area contributed by atoms with Crippen molar-refractivity contribution >= 4 is 16.5 Å². The van der Waals surface area contributed by atoms with Crippen molar-refractivity contribution in [2.24, 2.45) is 0 Å². The fourth-order valence-corrected chi connectivity index (χ4v) is 2.13. The fourth-order valence-electron chi connectivity index (χ4n) is 2.13. The van der Waals surface area contributed by atoms with Crippen LogP contribution < -0.4 is 4.90 Å². The van der Waals surface area contributed by atoms with Crippen molar-refractivity contribution in [3.63, 3.8) is 0 Å². The maximum Gasteiger partial charge on any atom is 0.0998 e. The number of benzene rings is 2. The number of hydrogen-bond donors (Lipinski definition) is 0. The summed E-state index contributed by atoms with van der Waals surface area (Å²) in [6, 6.07) is 14.0. The summed E-state index contributed by atoms with van der Waals surface area (Å²) in [5, 5.41) is 11.2. The van der Waals surface area contributed by atoms with Crippen LogP contribution in [-0.2, 0) is 0 Å². The Labute approximate surface area is 107 Å². The Morgan fingerprint density at radius 3 is 2.50 bits per heavy atom. The first kappa shape index (κ1) is 12.0. The molecule has 0 saturated heterocycles. The van der Waals surface area contributed by atoms with Gasteiger partial charge in [0.05, 0.1) is 18.2 Å². The highest BCUT2D eigenvalue weighted by atomic mass is 15.1. The summed E-state index contributed by atoms with van der Waals surface area (Å²) in [4.78, 5) is 2.13. The van der Waals surface area contributed by atoms with Crippen molar-refractivity contribution < 1.29 is 0 Å². The number of terminal acetylenes is 1. The van der Waals surface area contributed by atoms with E-state index in [1.807, 2.05) is 36.4 Å². The second-order valence-electron chi connectivity index (χ2n) is 4.01. The van der Waals surface area contributed by atoms with Gasteiger partial charge in [0.25, 0.3) is 0 Å². The van der Waals surface area contributed by atoms with Crippen LogP contribution in [0, 0.1) is 23.7 Å². The Balaban J connectivity index is 2.67. The van der Waals surface area contributed by atoms with Gasteiger partial charge in [0.1, 0.15) is 0 Å². The third-order valence-corrected chi connectivity index (χ3v) is 3.03. The van der Waals surface area contributed by atoms with Crippen LogP contribution in [0.4, 0.5) is 5.69 Å². The van der Waals surface area contributed by atoms with E-state index >= 15 is 0 Å². The van der Waals surface area contributed by atoms with E-state index in [2.05, 4.69) is 23.8 Å². The maximum absolute atomic E-state index is 9.13. The van der Waals surface area contributed by atoms with Gasteiger partial charge >= 0.3 is 0 Å². The van der Waals surface area contributed by atoms with E-state index in [9.17, 15) is 0 Å². The zero-order valence-corrected chi connectivity index (χ0v) is 10.4. The summed E-state index contributed by atoms with van der Waals surface area (Å²) in [5.74, 6) is 2.67. The van der Waals surface area contributed by atoms with Gasteiger partial charge in [-0.2, -0.15) is 5.26 Å². The Hall–Kier alpha value is -2.45. The van der Waals surface area contributed by atoms with Crippen molar-refractivity contribution in [3.05, 3.63) is 42.0 Å². The van der Waals surface area contributed by atoms with Crippen molar-refractivity contribution in [2.45, 2.75) is 6.92 Å². The lowest BCUT2D eigenvalue weighted by Gasteiger charge is -2.22. The number of nitriles is 1. The number of hydrogen-bond acceptors (Lipinski definition) is 2. The molecule has 0 spiro atoms. The lowest BCUT2D eigenvalue weighted by molar-refractivity contribution is 0.923. The molecule has 0 aliphatic rings. The number of fused-ring (bicyclic) bond motifs is 1. The average Bonchev–Trinajstić information content (AvgIpc) is 2.44. The van der Waals surface area contributed by atoms with Crippen molar-refractivity contribution in [2.75, 3.05) is 18.0 Å². The maximum atomic E-state index is 9.13. The molecule has 0 heterocycles. The summed E-state index contributed by atoms with van der Waals surface area (Å²) in [6.07, 6.45) is 5.40. The molecule has 0 N–H and O–H groups in total. The van der Waals surface area contributed by atoms with E-state index in [-0.39, 0.29) is 0 Å². The lowest BCUT2D eigenvalue weighted by atomic mass is 10.0. The van der Waals surface area contributed by atoms with Crippen LogP contribution in [0.2, 0.25) is 0 Å². The molecule has 0 fully saturated rings. The van der Waals surface area contributed by atoms with Crippen LogP contribution in [0.3, 0.4) is 0 Å². The molecule has 0 bridgehead atoms. The predicted octanol–water partition coefficient (Wildman–Crippen LogP) is 3.17. The summed E-state index contributed by atoms with van der Waals surface area (Å²) in [7, 11) is 0. The van der Waals surface area contributed by atoms with Crippen LogP contribution in [0.5, 0.6) is 0 Å². The minimum Gasteiger partial charge on any atom is -0.360 e. The van der Waals surface area contributed by atoms with E-state index in [1.54, 1.807) is 0 Å². The second kappa shape index (κ2) is 5.25. The van der Waals surface area contributed by atoms with Gasteiger partial charge in [-0.25, -0.2) is 0 Å². The minimum atomic E-state index is 0.576. The Morgan fingerprint density at radius 2 is 1.89 bits per heavy atom. The van der Waals surface area contributed by atoms with Gasteiger partial charge in [0.2, 0.25) is 0 Å². The lowest BCUT2D eigenvalue weighted by Crippen LogP contribution is -2.23. The molecule has 0 amide bonds. The zero-order chi connectivity index (χ0) is 13.0. The third kappa shape index (κ3) is 2.01. The highest BCUT2D eigenvalue weighted by molar-refractivity contribution is 5.97. The Bertz CT molecular complexity index is 644. The van der Waals surface area contributed by atoms with Crippen LogP contribution in [-0.4, -0.2) is 13.1 Å². The van der Waals surface area contributed by atoms with Gasteiger partial charge in [-0.1, -0.05) is 30.2 Å². The van der Waals surface area contributed by atoms with Crippen LogP contribution in [0.15, 0.2) is 36.4 Å². The molecule has 0 aromatic heterocycles. The molecule has 0 aliphatic heterocycles. The zero-order valence-electron chi connectivity index (χ0n) is 10.4. The van der Waals surface area contributed by atoms with Gasteiger partial charge in [-0.05, 0) is 19.1 Å². The predicted molar refractivity (Wildman–Crippen MR) is 75.4 cm³/mol. The molecular weight excluding hydrogens is 220 g/mol. The number of nitrogens with zero attached hydrogens (tertiary/aromatic N) is 2. The highest BCUT2D eigenvalue weighted by Gasteiger charge is 2.09. The smallest absolute Gasteiger partial charge is 0.0998 e. The van der Waals surface area contributed by atoms with Gasteiger partial charge in [0, 0.05) is 23.0 Å². The van der Waals surface area contributed by atoms with Gasteiger partial charge < -0.3 is 4.90 Å². The molecule has 88 valence electrons. The molecule has 18 heavy (non-hydrogen) atoms.